The molecule has 1 aliphatic carbocycles. The van der Waals surface area contributed by atoms with Crippen LogP contribution in [0.1, 0.15) is 24.4 Å². The van der Waals surface area contributed by atoms with E-state index in [9.17, 15) is 5.26 Å². The maximum Gasteiger partial charge on any atom is 0.197 e. The van der Waals surface area contributed by atoms with E-state index in [1.807, 2.05) is 17.5 Å². The lowest BCUT2D eigenvalue weighted by molar-refractivity contribution is 0.670. The second-order valence-electron chi connectivity index (χ2n) is 4.73. The van der Waals surface area contributed by atoms with Crippen LogP contribution >= 0.6 is 46.2 Å². The molecule has 3 aromatic rings. The van der Waals surface area contributed by atoms with Crippen molar-refractivity contribution in [3.8, 4) is 16.8 Å². The first-order valence-corrected chi connectivity index (χ1v) is 9.34. The maximum absolute atomic E-state index is 9.19. The van der Waals surface area contributed by atoms with Gasteiger partial charge in [0.25, 0.3) is 0 Å². The zero-order valence-electron chi connectivity index (χ0n) is 11.1. The highest BCUT2D eigenvalue weighted by Crippen LogP contribution is 2.44. The summed E-state index contributed by atoms with van der Waals surface area (Å²) in [4.78, 5) is 1.11. The van der Waals surface area contributed by atoms with Crippen LogP contribution in [0.25, 0.3) is 10.7 Å². The predicted octanol–water partition coefficient (Wildman–Crippen LogP) is 4.47. The first-order chi connectivity index (χ1) is 10.8. The molecule has 0 aromatic carbocycles. The number of hydrogen-bond donors (Lipinski definition) is 0. The summed E-state index contributed by atoms with van der Waals surface area (Å²) in [5.74, 6) is 0.897. The Kier molecular flexibility index (Phi) is 3.66. The van der Waals surface area contributed by atoms with Crippen LogP contribution in [0.5, 0.6) is 0 Å². The molecule has 9 heteroatoms. The average molecular weight is 366 g/mol. The van der Waals surface area contributed by atoms with Gasteiger partial charge in [-0.1, -0.05) is 17.7 Å². The highest BCUT2D eigenvalue weighted by Gasteiger charge is 2.31. The standard InChI is InChI=1S/C13H8ClN5S3/c14-10-8(6-15)12(22-18-10)21-13-17-16-11(9-2-1-5-20-9)19(13)7-3-4-7/h1-2,5,7H,3-4H2. The van der Waals surface area contributed by atoms with Gasteiger partial charge in [-0.3, -0.25) is 4.57 Å². The molecule has 110 valence electrons. The Hall–Kier alpha value is -1.40. The minimum absolute atomic E-state index is 0.256. The molecule has 0 N–H and O–H groups in total. The van der Waals surface area contributed by atoms with E-state index < -0.39 is 0 Å². The van der Waals surface area contributed by atoms with Crippen molar-refractivity contribution in [3.63, 3.8) is 0 Å². The van der Waals surface area contributed by atoms with Gasteiger partial charge in [0.05, 0.1) is 4.88 Å². The Balaban J connectivity index is 1.75. The summed E-state index contributed by atoms with van der Waals surface area (Å²) in [6.45, 7) is 0. The molecule has 0 saturated heterocycles. The molecule has 22 heavy (non-hydrogen) atoms. The van der Waals surface area contributed by atoms with Crippen LogP contribution in [-0.2, 0) is 0 Å². The fourth-order valence-corrected chi connectivity index (χ4v) is 4.94. The molecule has 0 amide bonds. The van der Waals surface area contributed by atoms with E-state index in [1.165, 1.54) is 23.3 Å². The van der Waals surface area contributed by atoms with Crippen LogP contribution in [0.3, 0.4) is 0 Å². The van der Waals surface area contributed by atoms with Gasteiger partial charge >= 0.3 is 0 Å². The van der Waals surface area contributed by atoms with Crippen LogP contribution in [0.15, 0.2) is 26.9 Å². The third-order valence-electron chi connectivity index (χ3n) is 3.23. The van der Waals surface area contributed by atoms with Crippen molar-refractivity contribution < 1.29 is 0 Å². The second kappa shape index (κ2) is 5.66. The van der Waals surface area contributed by atoms with Crippen molar-refractivity contribution in [1.82, 2.24) is 19.1 Å². The van der Waals surface area contributed by atoms with Gasteiger partial charge < -0.3 is 0 Å². The Labute approximate surface area is 143 Å². The molecule has 1 aliphatic rings. The largest absolute Gasteiger partial charge is 0.298 e. The first-order valence-electron chi connectivity index (χ1n) is 6.50. The topological polar surface area (TPSA) is 67.4 Å². The summed E-state index contributed by atoms with van der Waals surface area (Å²) in [6, 6.07) is 6.61. The third-order valence-corrected chi connectivity index (χ3v) is 6.44. The van der Waals surface area contributed by atoms with Gasteiger partial charge in [0, 0.05) is 6.04 Å². The molecule has 1 saturated carbocycles. The maximum atomic E-state index is 9.19. The molecule has 0 atom stereocenters. The van der Waals surface area contributed by atoms with Gasteiger partial charge in [-0.25, -0.2) is 0 Å². The summed E-state index contributed by atoms with van der Waals surface area (Å²) < 4.78 is 6.97. The van der Waals surface area contributed by atoms with E-state index in [0.717, 1.165) is 32.9 Å². The van der Waals surface area contributed by atoms with Gasteiger partial charge in [-0.15, -0.1) is 21.5 Å². The van der Waals surface area contributed by atoms with Gasteiger partial charge in [0.1, 0.15) is 15.8 Å². The molecule has 4 rings (SSSR count). The lowest BCUT2D eigenvalue weighted by atomic mass is 10.4. The SMILES string of the molecule is N#Cc1c(Cl)nsc1Sc1nnc(-c2cccs2)n1C1CC1. The monoisotopic (exact) mass is 365 g/mol. The molecule has 0 aliphatic heterocycles. The number of hydrogen-bond acceptors (Lipinski definition) is 7. The Morgan fingerprint density at radius 3 is 2.95 bits per heavy atom. The smallest absolute Gasteiger partial charge is 0.197 e. The number of rotatable bonds is 4. The minimum atomic E-state index is 0.256. The molecule has 1 fully saturated rings. The van der Waals surface area contributed by atoms with E-state index in [4.69, 9.17) is 11.6 Å². The lowest BCUT2D eigenvalue weighted by Gasteiger charge is -2.06. The van der Waals surface area contributed by atoms with E-state index >= 15 is 0 Å². The van der Waals surface area contributed by atoms with Crippen LogP contribution in [0, 0.1) is 11.3 Å². The molecule has 3 heterocycles. The summed E-state index contributed by atoms with van der Waals surface area (Å²) in [5, 5.41) is 20.9. The minimum Gasteiger partial charge on any atom is -0.298 e. The van der Waals surface area contributed by atoms with Crippen LogP contribution in [0.2, 0.25) is 5.15 Å². The lowest BCUT2D eigenvalue weighted by Crippen LogP contribution is -1.98. The van der Waals surface area contributed by atoms with E-state index in [1.54, 1.807) is 11.3 Å². The summed E-state index contributed by atoms with van der Waals surface area (Å²) in [5.41, 5.74) is 0.416. The number of halogens is 1. The van der Waals surface area contributed by atoms with Crippen molar-refractivity contribution in [2.75, 3.05) is 0 Å². The Morgan fingerprint density at radius 1 is 1.41 bits per heavy atom. The number of aromatic nitrogens is 4. The number of nitriles is 1. The van der Waals surface area contributed by atoms with Crippen molar-refractivity contribution in [3.05, 3.63) is 28.2 Å². The normalized spacial score (nSPS) is 14.2. The number of thiophene rings is 1. The van der Waals surface area contributed by atoms with E-state index in [0.29, 0.717) is 11.6 Å². The molecular weight excluding hydrogens is 358 g/mol. The molecule has 0 radical (unpaired) electrons. The highest BCUT2D eigenvalue weighted by atomic mass is 35.5. The highest BCUT2D eigenvalue weighted by molar-refractivity contribution is 8.01. The molecule has 0 unspecified atom stereocenters. The van der Waals surface area contributed by atoms with Crippen molar-refractivity contribution in [2.24, 2.45) is 0 Å². The molecule has 3 aromatic heterocycles. The molecule has 0 bridgehead atoms. The van der Waals surface area contributed by atoms with Gasteiger partial charge in [0.2, 0.25) is 0 Å². The molecular formula is C13H8ClN5S3. The predicted molar refractivity (Wildman–Crippen MR) is 87.6 cm³/mol. The molecule has 0 spiro atoms. The number of nitrogens with zero attached hydrogens (tertiary/aromatic N) is 5. The summed E-state index contributed by atoms with van der Waals surface area (Å²) in [7, 11) is 0. The molecule has 5 nitrogen and oxygen atoms in total. The van der Waals surface area contributed by atoms with Crippen LogP contribution < -0.4 is 0 Å². The summed E-state index contributed by atoms with van der Waals surface area (Å²) >= 11 is 10.2. The van der Waals surface area contributed by atoms with Crippen molar-refractivity contribution in [2.45, 2.75) is 28.2 Å². The quantitative estimate of drug-likeness (QED) is 0.682. The Bertz CT molecular complexity index is 857. The van der Waals surface area contributed by atoms with Gasteiger partial charge in [-0.05, 0) is 47.6 Å². The first kappa shape index (κ1) is 14.2. The van der Waals surface area contributed by atoms with E-state index in [2.05, 4.69) is 25.2 Å². The summed E-state index contributed by atoms with van der Waals surface area (Å²) in [6.07, 6.45) is 2.27. The van der Waals surface area contributed by atoms with E-state index in [-0.39, 0.29) is 5.15 Å². The van der Waals surface area contributed by atoms with Crippen molar-refractivity contribution in [1.29, 1.82) is 5.26 Å². The van der Waals surface area contributed by atoms with Crippen molar-refractivity contribution >= 4 is 46.2 Å². The van der Waals surface area contributed by atoms with Crippen LogP contribution in [-0.4, -0.2) is 19.1 Å². The van der Waals surface area contributed by atoms with Gasteiger partial charge in [-0.2, -0.15) is 9.64 Å². The Morgan fingerprint density at radius 2 is 2.27 bits per heavy atom. The zero-order chi connectivity index (χ0) is 15.1. The van der Waals surface area contributed by atoms with Gasteiger partial charge in [0.15, 0.2) is 16.1 Å². The average Bonchev–Trinajstić information content (AvgIpc) is 2.94. The zero-order valence-corrected chi connectivity index (χ0v) is 14.3. The fourth-order valence-electron chi connectivity index (χ4n) is 2.08. The van der Waals surface area contributed by atoms with Crippen LogP contribution in [0.4, 0.5) is 0 Å². The second-order valence-corrected chi connectivity index (χ2v) is 8.05. The third kappa shape index (κ3) is 2.44. The fraction of sp³-hybridized carbons (Fsp3) is 0.231.